The second kappa shape index (κ2) is 3.21. The van der Waals surface area contributed by atoms with Gasteiger partial charge in [-0.15, -0.1) is 0 Å². The van der Waals surface area contributed by atoms with Crippen molar-refractivity contribution in [2.24, 2.45) is 17.3 Å². The summed E-state index contributed by atoms with van der Waals surface area (Å²) in [6.07, 6.45) is 4.69. The third-order valence-corrected chi connectivity index (χ3v) is 4.50. The summed E-state index contributed by atoms with van der Waals surface area (Å²) in [6, 6.07) is 0.486. The Labute approximate surface area is 91.0 Å². The number of carbonyl (C=O) groups excluding carboxylic acids is 1. The minimum Gasteiger partial charge on any atom is -0.353 e. The van der Waals surface area contributed by atoms with Crippen LogP contribution in [-0.2, 0) is 4.79 Å². The number of hydrogen-bond donors (Lipinski definition) is 2. The first-order valence-corrected chi connectivity index (χ1v) is 6.21. The highest BCUT2D eigenvalue weighted by molar-refractivity contribution is 5.83. The van der Waals surface area contributed by atoms with Gasteiger partial charge >= 0.3 is 0 Å². The molecule has 1 amide bonds. The monoisotopic (exact) mass is 208 g/mol. The van der Waals surface area contributed by atoms with Crippen LogP contribution in [0.2, 0.25) is 0 Å². The molecule has 2 aliphatic carbocycles. The van der Waals surface area contributed by atoms with E-state index < -0.39 is 0 Å². The minimum atomic E-state index is 0.323. The smallest absolute Gasteiger partial charge is 0.223 e. The molecular formula is C12H20N2O. The molecule has 0 aromatic heterocycles. The summed E-state index contributed by atoms with van der Waals surface area (Å²) < 4.78 is 0. The molecule has 3 aliphatic rings. The molecule has 3 heteroatoms. The van der Waals surface area contributed by atoms with E-state index in [1.54, 1.807) is 0 Å². The van der Waals surface area contributed by atoms with Crippen LogP contribution in [0.4, 0.5) is 0 Å². The Morgan fingerprint density at radius 2 is 2.27 bits per heavy atom. The third kappa shape index (κ3) is 1.57. The second-order valence-corrected chi connectivity index (χ2v) is 5.83. The molecule has 15 heavy (non-hydrogen) atoms. The van der Waals surface area contributed by atoms with Crippen molar-refractivity contribution in [3.63, 3.8) is 0 Å². The summed E-state index contributed by atoms with van der Waals surface area (Å²) in [6.45, 7) is 4.42. The van der Waals surface area contributed by atoms with E-state index in [0.717, 1.165) is 25.4 Å². The van der Waals surface area contributed by atoms with Gasteiger partial charge in [-0.2, -0.15) is 0 Å². The number of nitrogens with one attached hydrogen (secondary N) is 2. The van der Waals surface area contributed by atoms with Crippen molar-refractivity contribution in [1.29, 1.82) is 0 Å². The van der Waals surface area contributed by atoms with Crippen molar-refractivity contribution >= 4 is 5.91 Å². The fourth-order valence-electron chi connectivity index (χ4n) is 3.28. The average molecular weight is 208 g/mol. The van der Waals surface area contributed by atoms with Crippen LogP contribution in [0, 0.1) is 17.3 Å². The largest absolute Gasteiger partial charge is 0.353 e. The van der Waals surface area contributed by atoms with Gasteiger partial charge in [0.15, 0.2) is 0 Å². The summed E-state index contributed by atoms with van der Waals surface area (Å²) >= 11 is 0. The normalized spacial score (nSPS) is 47.7. The van der Waals surface area contributed by atoms with E-state index in [0.29, 0.717) is 23.3 Å². The van der Waals surface area contributed by atoms with E-state index in [-0.39, 0.29) is 0 Å². The molecule has 0 aromatic rings. The van der Waals surface area contributed by atoms with Crippen molar-refractivity contribution < 1.29 is 4.79 Å². The lowest BCUT2D eigenvalue weighted by Gasteiger charge is -2.33. The maximum atomic E-state index is 11.9. The molecule has 1 heterocycles. The van der Waals surface area contributed by atoms with E-state index in [4.69, 9.17) is 0 Å². The van der Waals surface area contributed by atoms with Gasteiger partial charge in [0.1, 0.15) is 0 Å². The van der Waals surface area contributed by atoms with Crippen molar-refractivity contribution in [3.8, 4) is 0 Å². The molecule has 2 unspecified atom stereocenters. The Morgan fingerprint density at radius 3 is 2.87 bits per heavy atom. The van der Waals surface area contributed by atoms with Crippen LogP contribution < -0.4 is 10.6 Å². The van der Waals surface area contributed by atoms with Crippen LogP contribution in [0.3, 0.4) is 0 Å². The fraction of sp³-hybridized carbons (Fsp3) is 0.917. The summed E-state index contributed by atoms with van der Waals surface area (Å²) in [5.74, 6) is 1.47. The van der Waals surface area contributed by atoms with Gasteiger partial charge in [0.05, 0.1) is 0 Å². The van der Waals surface area contributed by atoms with Crippen molar-refractivity contribution in [1.82, 2.24) is 10.6 Å². The number of hydrogen-bond acceptors (Lipinski definition) is 2. The van der Waals surface area contributed by atoms with Crippen LogP contribution in [0.1, 0.15) is 32.6 Å². The van der Waals surface area contributed by atoms with Crippen LogP contribution >= 0.6 is 0 Å². The highest BCUT2D eigenvalue weighted by Crippen LogP contribution is 2.56. The predicted molar refractivity (Wildman–Crippen MR) is 58.4 cm³/mol. The first-order chi connectivity index (χ1) is 7.20. The predicted octanol–water partition coefficient (Wildman–Crippen LogP) is 0.901. The zero-order valence-electron chi connectivity index (χ0n) is 9.38. The van der Waals surface area contributed by atoms with Gasteiger partial charge in [0.25, 0.3) is 0 Å². The number of rotatable bonds is 2. The molecule has 2 saturated carbocycles. The van der Waals surface area contributed by atoms with Crippen LogP contribution in [-0.4, -0.2) is 25.0 Å². The first-order valence-electron chi connectivity index (χ1n) is 6.21. The molecular weight excluding hydrogens is 188 g/mol. The lowest BCUT2D eigenvalue weighted by atomic mass is 9.82. The maximum Gasteiger partial charge on any atom is 0.223 e. The van der Waals surface area contributed by atoms with Gasteiger partial charge in [-0.1, -0.05) is 6.92 Å². The van der Waals surface area contributed by atoms with E-state index in [1.807, 2.05) is 0 Å². The van der Waals surface area contributed by atoms with Gasteiger partial charge in [-0.05, 0) is 43.6 Å². The van der Waals surface area contributed by atoms with E-state index in [1.165, 1.54) is 19.3 Å². The SMILES string of the molecule is CC1CC(NC(=O)C2CC23CCNC3)C1. The lowest BCUT2D eigenvalue weighted by Crippen LogP contribution is -2.44. The van der Waals surface area contributed by atoms with E-state index in [9.17, 15) is 4.79 Å². The molecule has 1 saturated heterocycles. The standard InChI is InChI=1S/C12H20N2O/c1-8-4-9(5-8)14-11(15)10-6-12(10)2-3-13-7-12/h8-10,13H,2-7H2,1H3,(H,14,15). The Kier molecular flexibility index (Phi) is 2.06. The van der Waals surface area contributed by atoms with Gasteiger partial charge in [0.2, 0.25) is 5.91 Å². The fourth-order valence-corrected chi connectivity index (χ4v) is 3.28. The third-order valence-electron chi connectivity index (χ3n) is 4.50. The summed E-state index contributed by atoms with van der Waals surface area (Å²) in [5, 5.41) is 6.56. The highest BCUT2D eigenvalue weighted by atomic mass is 16.2. The van der Waals surface area contributed by atoms with Gasteiger partial charge < -0.3 is 10.6 Å². The topological polar surface area (TPSA) is 41.1 Å². The maximum absolute atomic E-state index is 11.9. The first kappa shape index (κ1) is 9.64. The highest BCUT2D eigenvalue weighted by Gasteiger charge is 2.59. The molecule has 1 aliphatic heterocycles. The van der Waals surface area contributed by atoms with Gasteiger partial charge in [0, 0.05) is 18.5 Å². The Hall–Kier alpha value is -0.570. The molecule has 3 rings (SSSR count). The molecule has 0 radical (unpaired) electrons. The molecule has 0 aromatic carbocycles. The zero-order chi connectivity index (χ0) is 10.5. The van der Waals surface area contributed by atoms with Gasteiger partial charge in [-0.25, -0.2) is 0 Å². The van der Waals surface area contributed by atoms with Crippen molar-refractivity contribution in [2.75, 3.05) is 13.1 Å². The van der Waals surface area contributed by atoms with Crippen LogP contribution in [0.25, 0.3) is 0 Å². The number of carbonyl (C=O) groups is 1. The van der Waals surface area contributed by atoms with Crippen LogP contribution in [0.15, 0.2) is 0 Å². The molecule has 3 nitrogen and oxygen atoms in total. The Bertz CT molecular complexity index is 277. The molecule has 1 spiro atoms. The summed E-state index contributed by atoms with van der Waals surface area (Å²) in [5.41, 5.74) is 0.361. The quantitative estimate of drug-likeness (QED) is 0.708. The average Bonchev–Trinajstić information content (AvgIpc) is 2.62. The Balaban J connectivity index is 1.50. The van der Waals surface area contributed by atoms with Gasteiger partial charge in [-0.3, -0.25) is 4.79 Å². The molecule has 3 fully saturated rings. The zero-order valence-corrected chi connectivity index (χ0v) is 9.38. The van der Waals surface area contributed by atoms with E-state index >= 15 is 0 Å². The summed E-state index contributed by atoms with van der Waals surface area (Å²) in [4.78, 5) is 11.9. The summed E-state index contributed by atoms with van der Waals surface area (Å²) in [7, 11) is 0. The van der Waals surface area contributed by atoms with E-state index in [2.05, 4.69) is 17.6 Å². The molecule has 0 bridgehead atoms. The Morgan fingerprint density at radius 1 is 1.47 bits per heavy atom. The lowest BCUT2D eigenvalue weighted by molar-refractivity contribution is -0.124. The van der Waals surface area contributed by atoms with Crippen molar-refractivity contribution in [2.45, 2.75) is 38.6 Å². The molecule has 2 atom stereocenters. The minimum absolute atomic E-state index is 0.323. The van der Waals surface area contributed by atoms with Crippen LogP contribution in [0.5, 0.6) is 0 Å². The van der Waals surface area contributed by atoms with Crippen molar-refractivity contribution in [3.05, 3.63) is 0 Å². The second-order valence-electron chi connectivity index (χ2n) is 5.83. The number of amides is 1. The molecule has 84 valence electrons. The molecule has 2 N–H and O–H groups in total.